The summed E-state index contributed by atoms with van der Waals surface area (Å²) in [5.41, 5.74) is -1.47. The van der Waals surface area contributed by atoms with Crippen LogP contribution in [0.1, 0.15) is 25.8 Å². The Morgan fingerprint density at radius 2 is 2.10 bits per heavy atom. The molecule has 21 heavy (non-hydrogen) atoms. The SMILES string of the molecule is CC1(C)CC(=O)[C@H]([C@]2(O)C(=O)Nc3ccc(Br)cc32)CO1. The molecule has 1 fully saturated rings. The normalized spacial score (nSPS) is 31.0. The predicted octanol–water partition coefficient (Wildman–Crippen LogP) is 1.97. The van der Waals surface area contributed by atoms with Crippen LogP contribution in [0.15, 0.2) is 22.7 Å². The first kappa shape index (κ1) is 14.7. The number of hydrogen-bond acceptors (Lipinski definition) is 4. The van der Waals surface area contributed by atoms with Crippen LogP contribution < -0.4 is 5.32 Å². The Hall–Kier alpha value is -1.24. The third-order valence-electron chi connectivity index (χ3n) is 4.12. The van der Waals surface area contributed by atoms with E-state index in [9.17, 15) is 14.7 Å². The van der Waals surface area contributed by atoms with Crippen LogP contribution in [0.5, 0.6) is 0 Å². The van der Waals surface area contributed by atoms with Crippen LogP contribution in [0.4, 0.5) is 5.69 Å². The minimum atomic E-state index is -1.87. The van der Waals surface area contributed by atoms with Gasteiger partial charge >= 0.3 is 0 Å². The minimum absolute atomic E-state index is 0.0295. The van der Waals surface area contributed by atoms with Crippen molar-refractivity contribution in [2.24, 2.45) is 5.92 Å². The number of ketones is 1. The summed E-state index contributed by atoms with van der Waals surface area (Å²) in [6.07, 6.45) is 0.177. The number of fused-ring (bicyclic) bond motifs is 1. The topological polar surface area (TPSA) is 75.6 Å². The quantitative estimate of drug-likeness (QED) is 0.809. The van der Waals surface area contributed by atoms with Gasteiger partial charge in [-0.1, -0.05) is 15.9 Å². The Bertz CT molecular complexity index is 643. The van der Waals surface area contributed by atoms with Gasteiger partial charge in [0, 0.05) is 22.1 Å². The largest absolute Gasteiger partial charge is 0.375 e. The number of hydrogen-bond donors (Lipinski definition) is 2. The van der Waals surface area contributed by atoms with E-state index in [4.69, 9.17) is 4.74 Å². The van der Waals surface area contributed by atoms with E-state index in [0.717, 1.165) is 4.47 Å². The molecule has 2 N–H and O–H groups in total. The zero-order valence-electron chi connectivity index (χ0n) is 11.8. The number of carbonyl (C=O) groups excluding carboxylic acids is 2. The highest BCUT2D eigenvalue weighted by atomic mass is 79.9. The van der Waals surface area contributed by atoms with E-state index in [1.54, 1.807) is 18.2 Å². The Balaban J connectivity index is 2.04. The first-order valence-corrected chi connectivity index (χ1v) is 7.54. The van der Waals surface area contributed by atoms with Gasteiger partial charge in [-0.15, -0.1) is 0 Å². The number of amides is 1. The molecule has 3 rings (SSSR count). The lowest BCUT2D eigenvalue weighted by Crippen LogP contribution is -2.53. The fourth-order valence-electron chi connectivity index (χ4n) is 2.98. The van der Waals surface area contributed by atoms with E-state index in [0.29, 0.717) is 11.3 Å². The number of ether oxygens (including phenoxy) is 1. The summed E-state index contributed by atoms with van der Waals surface area (Å²) in [5, 5.41) is 13.6. The zero-order chi connectivity index (χ0) is 15.4. The van der Waals surface area contributed by atoms with E-state index in [-0.39, 0.29) is 18.8 Å². The summed E-state index contributed by atoms with van der Waals surface area (Å²) in [6.45, 7) is 3.68. The van der Waals surface area contributed by atoms with Gasteiger partial charge in [-0.2, -0.15) is 0 Å². The van der Waals surface area contributed by atoms with Crippen LogP contribution in [-0.4, -0.2) is 29.0 Å². The second kappa shape index (κ2) is 4.63. The fourth-order valence-corrected chi connectivity index (χ4v) is 3.34. The molecule has 1 aromatic rings. The van der Waals surface area contributed by atoms with Crippen molar-refractivity contribution < 1.29 is 19.4 Å². The van der Waals surface area contributed by atoms with Gasteiger partial charge in [-0.25, -0.2) is 0 Å². The molecule has 0 unspecified atom stereocenters. The summed E-state index contributed by atoms with van der Waals surface area (Å²) < 4.78 is 6.38. The van der Waals surface area contributed by atoms with E-state index >= 15 is 0 Å². The molecule has 5 nitrogen and oxygen atoms in total. The van der Waals surface area contributed by atoms with E-state index in [1.165, 1.54) is 0 Å². The van der Waals surface area contributed by atoms with Crippen LogP contribution in [0.25, 0.3) is 0 Å². The van der Waals surface area contributed by atoms with E-state index in [2.05, 4.69) is 21.2 Å². The van der Waals surface area contributed by atoms with Crippen molar-refractivity contribution >= 4 is 33.3 Å². The van der Waals surface area contributed by atoms with Gasteiger partial charge in [0.25, 0.3) is 5.91 Å². The molecule has 2 aliphatic rings. The average Bonchev–Trinajstić information content (AvgIpc) is 2.62. The van der Waals surface area contributed by atoms with Crippen molar-refractivity contribution in [2.75, 3.05) is 11.9 Å². The Labute approximate surface area is 130 Å². The molecular weight excluding hydrogens is 338 g/mol. The highest BCUT2D eigenvalue weighted by molar-refractivity contribution is 9.10. The number of rotatable bonds is 1. The van der Waals surface area contributed by atoms with Crippen molar-refractivity contribution in [1.29, 1.82) is 0 Å². The predicted molar refractivity (Wildman–Crippen MR) is 79.8 cm³/mol. The maximum atomic E-state index is 12.4. The lowest BCUT2D eigenvalue weighted by Gasteiger charge is -2.39. The molecule has 6 heteroatoms. The summed E-state index contributed by atoms with van der Waals surface area (Å²) in [5.74, 6) is -1.62. The van der Waals surface area contributed by atoms with Crippen LogP contribution in [0.2, 0.25) is 0 Å². The van der Waals surface area contributed by atoms with Crippen LogP contribution >= 0.6 is 15.9 Å². The monoisotopic (exact) mass is 353 g/mol. The summed E-state index contributed by atoms with van der Waals surface area (Å²) in [6, 6.07) is 5.14. The number of anilines is 1. The van der Waals surface area contributed by atoms with Crippen LogP contribution in [0, 0.1) is 5.92 Å². The van der Waals surface area contributed by atoms with Gasteiger partial charge in [0.2, 0.25) is 0 Å². The summed E-state index contributed by atoms with van der Waals surface area (Å²) in [4.78, 5) is 24.7. The lowest BCUT2D eigenvalue weighted by molar-refractivity contribution is -0.171. The number of benzene rings is 1. The summed E-state index contributed by atoms with van der Waals surface area (Å²) >= 11 is 3.33. The fraction of sp³-hybridized carbons (Fsp3) is 0.467. The first-order chi connectivity index (χ1) is 9.74. The maximum Gasteiger partial charge on any atom is 0.261 e. The first-order valence-electron chi connectivity index (χ1n) is 6.74. The molecule has 112 valence electrons. The van der Waals surface area contributed by atoms with Crippen molar-refractivity contribution in [2.45, 2.75) is 31.5 Å². The smallest absolute Gasteiger partial charge is 0.261 e. The number of Topliss-reactive ketones (excluding diaryl/α,β-unsaturated/α-hetero) is 1. The number of aliphatic hydroxyl groups is 1. The second-order valence-corrected chi connectivity index (χ2v) is 7.09. The standard InChI is InChI=1S/C15H16BrNO4/c1-14(2)6-12(18)10(7-21-14)15(20)9-5-8(16)3-4-11(9)17-13(15)19/h3-5,10,20H,6-7H2,1-2H3,(H,17,19)/t10-,15+/m1/s1. The van der Waals surface area contributed by atoms with E-state index < -0.39 is 23.0 Å². The molecule has 0 saturated carbocycles. The number of nitrogens with one attached hydrogen (secondary N) is 1. The maximum absolute atomic E-state index is 12.4. The van der Waals surface area contributed by atoms with Gasteiger partial charge in [-0.05, 0) is 32.0 Å². The van der Waals surface area contributed by atoms with Gasteiger partial charge in [0.15, 0.2) is 5.60 Å². The third kappa shape index (κ3) is 2.22. The average molecular weight is 354 g/mol. The van der Waals surface area contributed by atoms with Gasteiger partial charge in [0.1, 0.15) is 5.78 Å². The molecule has 1 saturated heterocycles. The third-order valence-corrected chi connectivity index (χ3v) is 4.61. The molecular formula is C15H16BrNO4. The second-order valence-electron chi connectivity index (χ2n) is 6.18. The van der Waals surface area contributed by atoms with Crippen LogP contribution in [0.3, 0.4) is 0 Å². The number of halogens is 1. The Morgan fingerprint density at radius 3 is 2.76 bits per heavy atom. The number of carbonyl (C=O) groups is 2. The molecule has 2 heterocycles. The van der Waals surface area contributed by atoms with Crippen molar-refractivity contribution in [3.63, 3.8) is 0 Å². The van der Waals surface area contributed by atoms with E-state index in [1.807, 2.05) is 13.8 Å². The zero-order valence-corrected chi connectivity index (χ0v) is 13.4. The molecule has 0 spiro atoms. The highest BCUT2D eigenvalue weighted by Crippen LogP contribution is 2.45. The van der Waals surface area contributed by atoms with Crippen LogP contribution in [-0.2, 0) is 19.9 Å². The van der Waals surface area contributed by atoms with Gasteiger partial charge in [0.05, 0.1) is 18.1 Å². The molecule has 0 aliphatic carbocycles. The Kier molecular flexibility index (Phi) is 3.24. The van der Waals surface area contributed by atoms with Crippen molar-refractivity contribution in [1.82, 2.24) is 0 Å². The molecule has 2 aliphatic heterocycles. The summed E-state index contributed by atoms with van der Waals surface area (Å²) in [7, 11) is 0. The molecule has 2 atom stereocenters. The van der Waals surface area contributed by atoms with Gasteiger partial charge < -0.3 is 15.2 Å². The van der Waals surface area contributed by atoms with Crippen molar-refractivity contribution in [3.8, 4) is 0 Å². The van der Waals surface area contributed by atoms with Crippen molar-refractivity contribution in [3.05, 3.63) is 28.2 Å². The molecule has 1 amide bonds. The highest BCUT2D eigenvalue weighted by Gasteiger charge is 2.56. The molecule has 0 aromatic heterocycles. The minimum Gasteiger partial charge on any atom is -0.375 e. The molecule has 0 radical (unpaired) electrons. The lowest BCUT2D eigenvalue weighted by atomic mass is 9.76. The Morgan fingerprint density at radius 1 is 1.38 bits per heavy atom. The van der Waals surface area contributed by atoms with Gasteiger partial charge in [-0.3, -0.25) is 9.59 Å². The molecule has 0 bridgehead atoms. The molecule has 1 aromatic carbocycles.